The molecule has 1 spiro atoms. The van der Waals surface area contributed by atoms with Crippen molar-refractivity contribution in [2.24, 2.45) is 0 Å². The maximum Gasteiger partial charge on any atom is 0.130 e. The number of pyridine rings is 4. The van der Waals surface area contributed by atoms with Gasteiger partial charge in [-0.25, -0.2) is 9.97 Å². The number of aromatic nitrogens is 4. The van der Waals surface area contributed by atoms with Crippen LogP contribution in [0, 0.1) is 13.8 Å². The second kappa shape index (κ2) is 12.4. The van der Waals surface area contributed by atoms with Crippen molar-refractivity contribution in [1.82, 2.24) is 19.9 Å². The molecule has 6 heteroatoms. The van der Waals surface area contributed by atoms with Crippen molar-refractivity contribution in [3.05, 3.63) is 154 Å². The second-order valence-corrected chi connectivity index (χ2v) is 15.6. The quantitative estimate of drug-likeness (QED) is 0.160. The van der Waals surface area contributed by atoms with Gasteiger partial charge < -0.3 is 9.47 Å². The Labute approximate surface area is 301 Å². The van der Waals surface area contributed by atoms with E-state index in [0.29, 0.717) is 13.2 Å². The minimum Gasteiger partial charge on any atom is -0.487 e. The van der Waals surface area contributed by atoms with Gasteiger partial charge in [-0.3, -0.25) is 9.97 Å². The van der Waals surface area contributed by atoms with Crippen LogP contribution in [-0.4, -0.2) is 19.9 Å². The van der Waals surface area contributed by atoms with E-state index in [1.807, 2.05) is 86.6 Å². The lowest BCUT2D eigenvalue weighted by molar-refractivity contribution is 0.299. The van der Waals surface area contributed by atoms with E-state index in [4.69, 9.17) is 19.4 Å². The van der Waals surface area contributed by atoms with Gasteiger partial charge in [0.1, 0.15) is 24.7 Å². The van der Waals surface area contributed by atoms with Crippen LogP contribution in [0.15, 0.2) is 109 Å². The molecule has 4 heterocycles. The smallest absolute Gasteiger partial charge is 0.130 e. The maximum absolute atomic E-state index is 6.48. The minimum atomic E-state index is -0.152. The first-order chi connectivity index (χ1) is 24.5. The van der Waals surface area contributed by atoms with Gasteiger partial charge in [-0.05, 0) is 133 Å². The molecular weight excluding hydrogens is 629 g/mol. The summed E-state index contributed by atoms with van der Waals surface area (Å²) in [6.45, 7) is 14.3. The van der Waals surface area contributed by atoms with Crippen molar-refractivity contribution in [3.63, 3.8) is 0 Å². The molecule has 0 N–H and O–H groups in total. The molecular formula is C45H44N4O2. The molecule has 0 saturated heterocycles. The largest absolute Gasteiger partial charge is 0.487 e. The van der Waals surface area contributed by atoms with Crippen LogP contribution in [-0.2, 0) is 29.5 Å². The molecule has 51 heavy (non-hydrogen) atoms. The number of hydrogen-bond donors (Lipinski definition) is 0. The summed E-state index contributed by atoms with van der Waals surface area (Å²) in [6.07, 6.45) is 2.05. The van der Waals surface area contributed by atoms with Gasteiger partial charge in [-0.1, -0.05) is 64.1 Å². The molecule has 6 nitrogen and oxygen atoms in total. The molecule has 0 saturated carbocycles. The summed E-state index contributed by atoms with van der Waals surface area (Å²) in [5.74, 6) is 1.72. The molecule has 8 rings (SSSR count). The zero-order valence-corrected chi connectivity index (χ0v) is 30.3. The van der Waals surface area contributed by atoms with Crippen molar-refractivity contribution < 1.29 is 9.47 Å². The fourth-order valence-corrected chi connectivity index (χ4v) is 8.58. The molecule has 0 fully saturated rings. The van der Waals surface area contributed by atoms with E-state index in [1.165, 1.54) is 22.3 Å². The summed E-state index contributed by atoms with van der Waals surface area (Å²) >= 11 is 0. The fourth-order valence-electron chi connectivity index (χ4n) is 8.58. The molecule has 6 aromatic rings. The van der Waals surface area contributed by atoms with E-state index in [0.717, 1.165) is 69.9 Å². The third kappa shape index (κ3) is 6.18. The first-order valence-electron chi connectivity index (χ1n) is 17.8. The molecule has 0 aliphatic heterocycles. The Morgan fingerprint density at radius 3 is 1.27 bits per heavy atom. The SMILES string of the molecule is Cc1cccc(-c2cccc(COc3ccc4c(c3)C3(CC4(C)C)CC(C)(C)c4ccc(OCc5cccc(-c6cccc(C)n6)n5)cc43)n2)n1. The van der Waals surface area contributed by atoms with E-state index in [1.54, 1.807) is 0 Å². The van der Waals surface area contributed by atoms with Crippen LogP contribution in [0.25, 0.3) is 22.8 Å². The number of hydrogen-bond acceptors (Lipinski definition) is 6. The molecule has 0 atom stereocenters. The van der Waals surface area contributed by atoms with Gasteiger partial charge in [-0.15, -0.1) is 0 Å². The Hall–Kier alpha value is -5.36. The molecule has 2 aliphatic carbocycles. The number of fused-ring (bicyclic) bond motifs is 4. The van der Waals surface area contributed by atoms with E-state index in [2.05, 4.69) is 74.1 Å². The predicted molar refractivity (Wildman–Crippen MR) is 202 cm³/mol. The Morgan fingerprint density at radius 2 is 0.863 bits per heavy atom. The number of benzene rings is 2. The molecule has 0 unspecified atom stereocenters. The predicted octanol–water partition coefficient (Wildman–Crippen LogP) is 10.0. The lowest BCUT2D eigenvalue weighted by Gasteiger charge is -2.30. The van der Waals surface area contributed by atoms with E-state index >= 15 is 0 Å². The van der Waals surface area contributed by atoms with Crippen molar-refractivity contribution >= 4 is 0 Å². The first-order valence-corrected chi connectivity index (χ1v) is 17.8. The van der Waals surface area contributed by atoms with Gasteiger partial charge in [0, 0.05) is 16.8 Å². The zero-order valence-electron chi connectivity index (χ0n) is 30.3. The minimum absolute atomic E-state index is 0.00725. The highest BCUT2D eigenvalue weighted by molar-refractivity contribution is 5.62. The monoisotopic (exact) mass is 672 g/mol. The Morgan fingerprint density at radius 1 is 0.471 bits per heavy atom. The summed E-state index contributed by atoms with van der Waals surface area (Å²) in [4.78, 5) is 19.1. The van der Waals surface area contributed by atoms with Gasteiger partial charge in [0.25, 0.3) is 0 Å². The average molecular weight is 673 g/mol. The summed E-state index contributed by atoms with van der Waals surface area (Å²) in [5, 5.41) is 0. The highest BCUT2D eigenvalue weighted by atomic mass is 16.5. The van der Waals surface area contributed by atoms with Crippen molar-refractivity contribution in [3.8, 4) is 34.3 Å². The zero-order chi connectivity index (χ0) is 35.4. The molecule has 0 amide bonds. The summed E-state index contributed by atoms with van der Waals surface area (Å²) in [7, 11) is 0. The molecule has 2 aromatic carbocycles. The van der Waals surface area contributed by atoms with Gasteiger partial charge in [-0.2, -0.15) is 0 Å². The maximum atomic E-state index is 6.48. The van der Waals surface area contributed by atoms with Gasteiger partial charge in [0.15, 0.2) is 0 Å². The number of ether oxygens (including phenoxy) is 2. The van der Waals surface area contributed by atoms with Crippen molar-refractivity contribution in [2.75, 3.05) is 0 Å². The van der Waals surface area contributed by atoms with Crippen LogP contribution in [0.3, 0.4) is 0 Å². The molecule has 0 radical (unpaired) electrons. The van der Waals surface area contributed by atoms with Crippen LogP contribution < -0.4 is 9.47 Å². The van der Waals surface area contributed by atoms with Crippen LogP contribution in [0.4, 0.5) is 0 Å². The molecule has 2 aliphatic rings. The van der Waals surface area contributed by atoms with Crippen molar-refractivity contribution in [2.45, 2.75) is 83.8 Å². The first kappa shape index (κ1) is 32.8. The van der Waals surface area contributed by atoms with E-state index in [-0.39, 0.29) is 16.2 Å². The van der Waals surface area contributed by atoms with Crippen LogP contribution in [0.1, 0.15) is 85.6 Å². The topological polar surface area (TPSA) is 70.0 Å². The second-order valence-electron chi connectivity index (χ2n) is 15.6. The summed E-state index contributed by atoms with van der Waals surface area (Å²) in [6, 6.07) is 37.5. The molecule has 0 bridgehead atoms. The van der Waals surface area contributed by atoms with Gasteiger partial charge in [0.05, 0.1) is 34.2 Å². The summed E-state index contributed by atoms with van der Waals surface area (Å²) < 4.78 is 13.0. The highest BCUT2D eigenvalue weighted by Crippen LogP contribution is 2.63. The van der Waals surface area contributed by atoms with Crippen LogP contribution in [0.5, 0.6) is 11.5 Å². The number of aryl methyl sites for hydroxylation is 2. The standard InChI is InChI=1S/C45H44N4O2/c1-29-11-7-15-39(46-29)41-17-9-13-31(48-41)25-50-33-19-21-35-37(23-33)45(27-43(35,3)4)28-44(5,6)36-22-20-34(24-38(36)45)51-26-32-14-10-18-42(49-32)40-16-8-12-30(2)47-40/h7-24H,25-28H2,1-6H3. The highest BCUT2D eigenvalue weighted by Gasteiger charge is 2.56. The van der Waals surface area contributed by atoms with Crippen LogP contribution in [0.2, 0.25) is 0 Å². The van der Waals surface area contributed by atoms with Gasteiger partial charge >= 0.3 is 0 Å². The van der Waals surface area contributed by atoms with Crippen molar-refractivity contribution in [1.29, 1.82) is 0 Å². The Bertz CT molecular complexity index is 2110. The molecule has 4 aromatic heterocycles. The Kier molecular flexibility index (Phi) is 8.01. The number of nitrogens with zero attached hydrogens (tertiary/aromatic N) is 4. The van der Waals surface area contributed by atoms with E-state index < -0.39 is 0 Å². The fraction of sp³-hybridized carbons (Fsp3) is 0.289. The third-order valence-corrected chi connectivity index (χ3v) is 10.6. The lowest BCUT2D eigenvalue weighted by Crippen LogP contribution is -2.27. The van der Waals surface area contributed by atoms with Crippen LogP contribution >= 0.6 is 0 Å². The third-order valence-electron chi connectivity index (χ3n) is 10.6. The Balaban J connectivity index is 1.07. The summed E-state index contributed by atoms with van der Waals surface area (Å²) in [5.41, 5.74) is 12.5. The molecule has 256 valence electrons. The normalized spacial score (nSPS) is 16.1. The average Bonchev–Trinajstić information content (AvgIpc) is 3.49. The van der Waals surface area contributed by atoms with E-state index in [9.17, 15) is 0 Å². The van der Waals surface area contributed by atoms with Gasteiger partial charge in [0.2, 0.25) is 0 Å². The number of rotatable bonds is 8. The lowest BCUT2D eigenvalue weighted by atomic mass is 9.72.